The van der Waals surface area contributed by atoms with E-state index in [1.54, 1.807) is 6.20 Å². The summed E-state index contributed by atoms with van der Waals surface area (Å²) in [6.07, 6.45) is 5.33. The van der Waals surface area contributed by atoms with Gasteiger partial charge >= 0.3 is 5.97 Å². The molecule has 3 aromatic rings. The molecule has 0 spiro atoms. The molecule has 0 radical (unpaired) electrons. The largest absolute Gasteiger partial charge is 0.469 e. The van der Waals surface area contributed by atoms with Gasteiger partial charge in [0.05, 0.1) is 18.7 Å². The number of oxime groups is 1. The van der Waals surface area contributed by atoms with Crippen molar-refractivity contribution in [3.8, 4) is 0 Å². The third kappa shape index (κ3) is 6.46. The minimum absolute atomic E-state index is 0.0492. The van der Waals surface area contributed by atoms with E-state index in [1.165, 1.54) is 7.11 Å². The highest BCUT2D eigenvalue weighted by Gasteiger charge is 2.29. The predicted octanol–water partition coefficient (Wildman–Crippen LogP) is 5.56. The van der Waals surface area contributed by atoms with Gasteiger partial charge in [0.2, 0.25) is 0 Å². The predicted molar refractivity (Wildman–Crippen MR) is 147 cm³/mol. The summed E-state index contributed by atoms with van der Waals surface area (Å²) in [7, 11) is 1.41. The van der Waals surface area contributed by atoms with Crippen LogP contribution in [0, 0.1) is 19.8 Å². The molecule has 0 saturated heterocycles. The molecule has 2 aromatic carbocycles. The minimum Gasteiger partial charge on any atom is -0.469 e. The molecule has 1 aliphatic carbocycles. The average molecular weight is 514 g/mol. The van der Waals surface area contributed by atoms with E-state index in [2.05, 4.69) is 34.5 Å². The summed E-state index contributed by atoms with van der Waals surface area (Å²) in [6, 6.07) is 19.5. The van der Waals surface area contributed by atoms with Crippen LogP contribution in [0.25, 0.3) is 0 Å². The summed E-state index contributed by atoms with van der Waals surface area (Å²) in [6.45, 7) is 3.98. The number of esters is 1. The number of benzene rings is 2. The van der Waals surface area contributed by atoms with Crippen molar-refractivity contribution >= 4 is 17.6 Å². The van der Waals surface area contributed by atoms with Crippen LogP contribution in [0.1, 0.15) is 76.3 Å². The Bertz CT molecular complexity index is 1300. The summed E-state index contributed by atoms with van der Waals surface area (Å²) in [5.41, 5.74) is 6.11. The number of aryl methyl sites for hydroxylation is 2. The molecule has 0 bridgehead atoms. The summed E-state index contributed by atoms with van der Waals surface area (Å²) in [4.78, 5) is 29.2. The SMILES string of the molecule is COC(=O)C1CCCC(NC(=O)c2ccc([C@@H](CC(=NO)c3ccnc(C)c3)c3ccccc3C)cc2)C1. The van der Waals surface area contributed by atoms with Crippen LogP contribution in [-0.2, 0) is 9.53 Å². The van der Waals surface area contributed by atoms with E-state index in [0.717, 1.165) is 47.2 Å². The van der Waals surface area contributed by atoms with Crippen molar-refractivity contribution in [3.63, 3.8) is 0 Å². The van der Waals surface area contributed by atoms with Gasteiger partial charge in [0.25, 0.3) is 5.91 Å². The van der Waals surface area contributed by atoms with Gasteiger partial charge in [-0.05, 0) is 74.1 Å². The van der Waals surface area contributed by atoms with Crippen molar-refractivity contribution < 1.29 is 19.5 Å². The van der Waals surface area contributed by atoms with Crippen LogP contribution < -0.4 is 5.32 Å². The number of aromatic nitrogens is 1. The monoisotopic (exact) mass is 513 g/mol. The molecule has 0 aliphatic heterocycles. The third-order valence-electron chi connectivity index (χ3n) is 7.43. The molecule has 1 aromatic heterocycles. The number of amides is 1. The fourth-order valence-electron chi connectivity index (χ4n) is 5.36. The molecule has 2 N–H and O–H groups in total. The molecule has 1 amide bonds. The first-order valence-electron chi connectivity index (χ1n) is 13.1. The summed E-state index contributed by atoms with van der Waals surface area (Å²) >= 11 is 0. The van der Waals surface area contributed by atoms with Crippen LogP contribution >= 0.6 is 0 Å². The number of methoxy groups -OCH3 is 1. The Hall–Kier alpha value is -4.00. The number of rotatable bonds is 8. The van der Waals surface area contributed by atoms with Crippen molar-refractivity contribution in [1.29, 1.82) is 0 Å². The molecule has 1 fully saturated rings. The Morgan fingerprint density at radius 2 is 1.84 bits per heavy atom. The van der Waals surface area contributed by atoms with Gasteiger partial charge in [0.1, 0.15) is 0 Å². The molecule has 1 aliphatic rings. The van der Waals surface area contributed by atoms with Crippen LogP contribution in [0.2, 0.25) is 0 Å². The number of hydrogen-bond acceptors (Lipinski definition) is 6. The first-order valence-corrected chi connectivity index (χ1v) is 13.1. The number of pyridine rings is 1. The van der Waals surface area contributed by atoms with Crippen molar-refractivity contribution in [2.45, 2.75) is 57.9 Å². The Morgan fingerprint density at radius 3 is 2.53 bits per heavy atom. The molecule has 38 heavy (non-hydrogen) atoms. The normalized spacial score (nSPS) is 18.4. The van der Waals surface area contributed by atoms with Crippen LogP contribution in [0.15, 0.2) is 72.0 Å². The maximum atomic E-state index is 13.0. The lowest BCUT2D eigenvalue weighted by Gasteiger charge is -2.28. The van der Waals surface area contributed by atoms with E-state index >= 15 is 0 Å². The smallest absolute Gasteiger partial charge is 0.308 e. The highest BCUT2D eigenvalue weighted by Crippen LogP contribution is 2.32. The zero-order chi connectivity index (χ0) is 27.1. The zero-order valence-electron chi connectivity index (χ0n) is 22.2. The van der Waals surface area contributed by atoms with Gasteiger partial charge in [-0.15, -0.1) is 0 Å². The van der Waals surface area contributed by atoms with Crippen molar-refractivity contribution in [2.24, 2.45) is 11.1 Å². The maximum Gasteiger partial charge on any atom is 0.308 e. The topological polar surface area (TPSA) is 101 Å². The van der Waals surface area contributed by atoms with Crippen molar-refractivity contribution in [3.05, 3.63) is 100 Å². The van der Waals surface area contributed by atoms with Crippen LogP contribution in [0.3, 0.4) is 0 Å². The number of hydrogen-bond donors (Lipinski definition) is 2. The number of nitrogens with one attached hydrogen (secondary N) is 1. The molecule has 1 saturated carbocycles. The number of ether oxygens (including phenoxy) is 1. The molecule has 1 heterocycles. The van der Waals surface area contributed by atoms with E-state index in [0.29, 0.717) is 24.1 Å². The van der Waals surface area contributed by atoms with E-state index < -0.39 is 0 Å². The quantitative estimate of drug-likeness (QED) is 0.178. The second kappa shape index (κ2) is 12.5. The summed E-state index contributed by atoms with van der Waals surface area (Å²) in [5.74, 6) is -0.595. The number of carbonyl (C=O) groups excluding carboxylic acids is 2. The second-order valence-electron chi connectivity index (χ2n) is 10.0. The Morgan fingerprint density at radius 1 is 1.08 bits per heavy atom. The van der Waals surface area contributed by atoms with E-state index in [4.69, 9.17) is 4.74 Å². The van der Waals surface area contributed by atoms with Gasteiger partial charge in [-0.1, -0.05) is 48.0 Å². The van der Waals surface area contributed by atoms with E-state index in [-0.39, 0.29) is 29.8 Å². The number of nitrogens with zero attached hydrogens (tertiary/aromatic N) is 2. The standard InChI is InChI=1S/C31H35N3O4/c1-20-7-4-5-10-27(20)28(19-29(34-37)24-15-16-32-21(2)17-24)22-11-13-23(14-12-22)30(35)33-26-9-6-8-25(18-26)31(36)38-3/h4-5,7,10-17,25-26,28,37H,6,8-9,18-19H2,1-3H3,(H,33,35)/t25?,26?,28-/m1/s1. The lowest BCUT2D eigenvalue weighted by molar-refractivity contribution is -0.146. The highest BCUT2D eigenvalue weighted by atomic mass is 16.5. The van der Waals surface area contributed by atoms with Crippen molar-refractivity contribution in [2.75, 3.05) is 7.11 Å². The fraction of sp³-hybridized carbons (Fsp3) is 0.355. The highest BCUT2D eigenvalue weighted by molar-refractivity contribution is 6.01. The first kappa shape index (κ1) is 27.0. The molecule has 3 atom stereocenters. The summed E-state index contributed by atoms with van der Waals surface area (Å²) < 4.78 is 4.90. The zero-order valence-corrected chi connectivity index (χ0v) is 22.2. The second-order valence-corrected chi connectivity index (χ2v) is 10.0. The molecule has 198 valence electrons. The van der Waals surface area contributed by atoms with Crippen LogP contribution in [0.5, 0.6) is 0 Å². The number of carbonyl (C=O) groups is 2. The Labute approximate surface area is 223 Å². The van der Waals surface area contributed by atoms with Gasteiger partial charge in [-0.25, -0.2) is 0 Å². The molecular weight excluding hydrogens is 478 g/mol. The summed E-state index contributed by atoms with van der Waals surface area (Å²) in [5, 5.41) is 16.7. The fourth-order valence-corrected chi connectivity index (χ4v) is 5.36. The Balaban J connectivity index is 1.55. The molecular formula is C31H35N3O4. The molecule has 4 rings (SSSR count). The Kier molecular flexibility index (Phi) is 8.89. The van der Waals surface area contributed by atoms with Gasteiger partial charge < -0.3 is 15.3 Å². The van der Waals surface area contributed by atoms with E-state index in [9.17, 15) is 14.8 Å². The third-order valence-corrected chi connectivity index (χ3v) is 7.43. The van der Waals surface area contributed by atoms with Gasteiger partial charge in [-0.3, -0.25) is 14.6 Å². The minimum atomic E-state index is -0.205. The van der Waals surface area contributed by atoms with Gasteiger partial charge in [-0.2, -0.15) is 0 Å². The van der Waals surface area contributed by atoms with E-state index in [1.807, 2.05) is 55.5 Å². The van der Waals surface area contributed by atoms with Gasteiger partial charge in [0, 0.05) is 41.4 Å². The maximum absolute atomic E-state index is 13.0. The molecule has 7 heteroatoms. The van der Waals surface area contributed by atoms with Crippen molar-refractivity contribution in [1.82, 2.24) is 10.3 Å². The lowest BCUT2D eigenvalue weighted by Crippen LogP contribution is -2.40. The van der Waals surface area contributed by atoms with Crippen LogP contribution in [0.4, 0.5) is 0 Å². The first-order chi connectivity index (χ1) is 18.4. The molecule has 7 nitrogen and oxygen atoms in total. The van der Waals surface area contributed by atoms with Crippen LogP contribution in [-0.4, -0.2) is 40.9 Å². The molecule has 2 unspecified atom stereocenters. The van der Waals surface area contributed by atoms with Gasteiger partial charge in [0.15, 0.2) is 0 Å². The lowest BCUT2D eigenvalue weighted by atomic mass is 9.83. The average Bonchev–Trinajstić information content (AvgIpc) is 2.94.